The Morgan fingerprint density at radius 1 is 1.24 bits per heavy atom. The van der Waals surface area contributed by atoms with Gasteiger partial charge in [-0.25, -0.2) is 0 Å². The summed E-state index contributed by atoms with van der Waals surface area (Å²) in [6.45, 7) is 1.83. The van der Waals surface area contributed by atoms with Gasteiger partial charge in [-0.1, -0.05) is 30.3 Å². The van der Waals surface area contributed by atoms with Crippen LogP contribution in [0.5, 0.6) is 0 Å². The molecule has 0 aliphatic carbocycles. The standard InChI is InChI=1S/C14H20N2O/c15-13(10-12-6-2-1-3-7-12)11-14(17)16-8-4-5-9-16/h1-3,6-7,13H,4-5,8-11,15H2/t13-/m1/s1. The Morgan fingerprint density at radius 2 is 1.88 bits per heavy atom. The summed E-state index contributed by atoms with van der Waals surface area (Å²) in [5.41, 5.74) is 7.23. The van der Waals surface area contributed by atoms with E-state index >= 15 is 0 Å². The van der Waals surface area contributed by atoms with Gasteiger partial charge in [0.15, 0.2) is 0 Å². The molecular formula is C14H20N2O. The van der Waals surface area contributed by atoms with Crippen molar-refractivity contribution in [2.75, 3.05) is 13.1 Å². The van der Waals surface area contributed by atoms with Gasteiger partial charge < -0.3 is 10.6 Å². The van der Waals surface area contributed by atoms with E-state index in [0.717, 1.165) is 32.4 Å². The fourth-order valence-electron chi connectivity index (χ4n) is 2.31. The van der Waals surface area contributed by atoms with Gasteiger partial charge >= 0.3 is 0 Å². The van der Waals surface area contributed by atoms with Crippen LogP contribution in [-0.4, -0.2) is 29.9 Å². The third kappa shape index (κ3) is 3.56. The van der Waals surface area contributed by atoms with Crippen molar-refractivity contribution in [3.8, 4) is 0 Å². The van der Waals surface area contributed by atoms with Crippen molar-refractivity contribution in [2.45, 2.75) is 31.7 Å². The zero-order chi connectivity index (χ0) is 12.1. The highest BCUT2D eigenvalue weighted by Crippen LogP contribution is 2.11. The minimum atomic E-state index is -0.0644. The summed E-state index contributed by atoms with van der Waals surface area (Å²) in [4.78, 5) is 13.8. The van der Waals surface area contributed by atoms with Gasteiger partial charge in [0.05, 0.1) is 0 Å². The molecule has 1 atom stereocenters. The highest BCUT2D eigenvalue weighted by molar-refractivity contribution is 5.77. The molecular weight excluding hydrogens is 212 g/mol. The van der Waals surface area contributed by atoms with Crippen molar-refractivity contribution in [3.63, 3.8) is 0 Å². The van der Waals surface area contributed by atoms with E-state index in [1.165, 1.54) is 5.56 Å². The van der Waals surface area contributed by atoms with Gasteiger partial charge in [-0.15, -0.1) is 0 Å². The summed E-state index contributed by atoms with van der Waals surface area (Å²) < 4.78 is 0. The van der Waals surface area contributed by atoms with Crippen molar-refractivity contribution < 1.29 is 4.79 Å². The van der Waals surface area contributed by atoms with Crippen LogP contribution in [-0.2, 0) is 11.2 Å². The van der Waals surface area contributed by atoms with E-state index in [1.54, 1.807) is 0 Å². The van der Waals surface area contributed by atoms with Crippen LogP contribution < -0.4 is 5.73 Å². The monoisotopic (exact) mass is 232 g/mol. The molecule has 3 heteroatoms. The van der Waals surface area contributed by atoms with E-state index < -0.39 is 0 Å². The molecule has 1 fully saturated rings. The lowest BCUT2D eigenvalue weighted by Gasteiger charge is -2.18. The first kappa shape index (κ1) is 12.1. The van der Waals surface area contributed by atoms with E-state index in [1.807, 2.05) is 23.1 Å². The van der Waals surface area contributed by atoms with Gasteiger partial charge in [-0.3, -0.25) is 4.79 Å². The summed E-state index contributed by atoms with van der Waals surface area (Å²) in [6.07, 6.45) is 3.52. The van der Waals surface area contributed by atoms with Crippen LogP contribution in [0, 0.1) is 0 Å². The maximum atomic E-state index is 11.9. The first-order chi connectivity index (χ1) is 8.25. The maximum absolute atomic E-state index is 11.9. The predicted molar refractivity (Wildman–Crippen MR) is 68.6 cm³/mol. The van der Waals surface area contributed by atoms with Gasteiger partial charge in [0, 0.05) is 25.6 Å². The third-order valence-electron chi connectivity index (χ3n) is 3.24. The van der Waals surface area contributed by atoms with E-state index in [0.29, 0.717) is 6.42 Å². The van der Waals surface area contributed by atoms with E-state index in [2.05, 4.69) is 12.1 Å². The normalized spacial score (nSPS) is 17.1. The number of hydrogen-bond acceptors (Lipinski definition) is 2. The number of rotatable bonds is 4. The lowest BCUT2D eigenvalue weighted by Crippen LogP contribution is -2.35. The molecule has 92 valence electrons. The van der Waals surface area contributed by atoms with Gasteiger partial charge in [-0.2, -0.15) is 0 Å². The zero-order valence-electron chi connectivity index (χ0n) is 10.1. The Kier molecular flexibility index (Phi) is 4.15. The average molecular weight is 232 g/mol. The molecule has 0 saturated carbocycles. The molecule has 1 saturated heterocycles. The van der Waals surface area contributed by atoms with Crippen molar-refractivity contribution >= 4 is 5.91 Å². The molecule has 1 aliphatic heterocycles. The Balaban J connectivity index is 1.80. The Bertz CT molecular complexity index is 358. The molecule has 1 aromatic rings. The van der Waals surface area contributed by atoms with Gasteiger partial charge in [-0.05, 0) is 24.8 Å². The average Bonchev–Trinajstić information content (AvgIpc) is 2.83. The third-order valence-corrected chi connectivity index (χ3v) is 3.24. The number of nitrogens with two attached hydrogens (primary N) is 1. The topological polar surface area (TPSA) is 46.3 Å². The number of amides is 1. The molecule has 2 rings (SSSR count). The van der Waals surface area contributed by atoms with E-state index in [9.17, 15) is 4.79 Å². The van der Waals surface area contributed by atoms with Crippen molar-refractivity contribution in [1.82, 2.24) is 4.90 Å². The van der Waals surface area contributed by atoms with Gasteiger partial charge in [0.25, 0.3) is 0 Å². The molecule has 1 heterocycles. The van der Waals surface area contributed by atoms with Gasteiger partial charge in [0.1, 0.15) is 0 Å². The lowest BCUT2D eigenvalue weighted by molar-refractivity contribution is -0.130. The molecule has 0 spiro atoms. The number of carbonyl (C=O) groups excluding carboxylic acids is 1. The summed E-state index contributed by atoms with van der Waals surface area (Å²) in [5.74, 6) is 0.214. The Morgan fingerprint density at radius 3 is 2.53 bits per heavy atom. The van der Waals surface area contributed by atoms with Crippen LogP contribution in [0.2, 0.25) is 0 Å². The fourth-order valence-corrected chi connectivity index (χ4v) is 2.31. The fraction of sp³-hybridized carbons (Fsp3) is 0.500. The highest BCUT2D eigenvalue weighted by Gasteiger charge is 2.19. The smallest absolute Gasteiger partial charge is 0.224 e. The first-order valence-corrected chi connectivity index (χ1v) is 6.33. The maximum Gasteiger partial charge on any atom is 0.224 e. The largest absolute Gasteiger partial charge is 0.343 e. The minimum absolute atomic E-state index is 0.0644. The van der Waals surface area contributed by atoms with Crippen molar-refractivity contribution in [3.05, 3.63) is 35.9 Å². The SMILES string of the molecule is N[C@@H](CC(=O)N1CCCC1)Cc1ccccc1. The van der Waals surface area contributed by atoms with E-state index in [-0.39, 0.29) is 11.9 Å². The molecule has 0 aromatic heterocycles. The minimum Gasteiger partial charge on any atom is -0.343 e. The Hall–Kier alpha value is -1.35. The second-order valence-corrected chi connectivity index (χ2v) is 4.74. The molecule has 2 N–H and O–H groups in total. The molecule has 3 nitrogen and oxygen atoms in total. The van der Waals surface area contributed by atoms with E-state index in [4.69, 9.17) is 5.73 Å². The molecule has 1 aromatic carbocycles. The summed E-state index contributed by atoms with van der Waals surface area (Å²) in [5, 5.41) is 0. The molecule has 0 bridgehead atoms. The summed E-state index contributed by atoms with van der Waals surface area (Å²) in [6, 6.07) is 10.0. The zero-order valence-corrected chi connectivity index (χ0v) is 10.1. The quantitative estimate of drug-likeness (QED) is 0.856. The van der Waals surface area contributed by atoms with Crippen molar-refractivity contribution in [1.29, 1.82) is 0 Å². The number of hydrogen-bond donors (Lipinski definition) is 1. The Labute approximate surface area is 103 Å². The van der Waals surface area contributed by atoms with Crippen molar-refractivity contribution in [2.24, 2.45) is 5.73 Å². The molecule has 17 heavy (non-hydrogen) atoms. The number of benzene rings is 1. The number of nitrogens with zero attached hydrogens (tertiary/aromatic N) is 1. The van der Waals surface area contributed by atoms with Gasteiger partial charge in [0.2, 0.25) is 5.91 Å². The van der Waals surface area contributed by atoms with Crippen LogP contribution in [0.3, 0.4) is 0 Å². The lowest BCUT2D eigenvalue weighted by atomic mass is 10.0. The second-order valence-electron chi connectivity index (χ2n) is 4.74. The van der Waals surface area contributed by atoms with Crippen LogP contribution in [0.15, 0.2) is 30.3 Å². The van der Waals surface area contributed by atoms with Crippen LogP contribution >= 0.6 is 0 Å². The number of likely N-dealkylation sites (tertiary alicyclic amines) is 1. The second kappa shape index (κ2) is 5.82. The molecule has 1 aliphatic rings. The predicted octanol–water partition coefficient (Wildman–Crippen LogP) is 1.57. The molecule has 1 amide bonds. The van der Waals surface area contributed by atoms with Crippen LogP contribution in [0.1, 0.15) is 24.8 Å². The van der Waals surface area contributed by atoms with Crippen LogP contribution in [0.4, 0.5) is 0 Å². The highest BCUT2D eigenvalue weighted by atomic mass is 16.2. The molecule has 0 unspecified atom stereocenters. The molecule has 0 radical (unpaired) electrons. The summed E-state index contributed by atoms with van der Waals surface area (Å²) in [7, 11) is 0. The number of carbonyl (C=O) groups is 1. The first-order valence-electron chi connectivity index (χ1n) is 6.33. The summed E-state index contributed by atoms with van der Waals surface area (Å²) >= 11 is 0. The van der Waals surface area contributed by atoms with Crippen LogP contribution in [0.25, 0.3) is 0 Å².